The Kier molecular flexibility index (Phi) is 10.7. The molecule has 2 aromatic carbocycles. The van der Waals surface area contributed by atoms with E-state index in [0.717, 1.165) is 50.0 Å². The zero-order chi connectivity index (χ0) is 22.9. The number of guanidine groups is 1. The van der Waals surface area contributed by atoms with Gasteiger partial charge in [0.1, 0.15) is 5.75 Å². The molecule has 0 saturated carbocycles. The maximum Gasteiger partial charge on any atom is 0.203 e. The second-order valence-electron chi connectivity index (χ2n) is 7.34. The van der Waals surface area contributed by atoms with Crippen LogP contribution >= 0.6 is 24.0 Å². The molecule has 0 bridgehead atoms. The first kappa shape index (κ1) is 26.7. The molecule has 8 nitrogen and oxygen atoms in total. The molecular formula is C24H35IN4O4. The highest BCUT2D eigenvalue weighted by Crippen LogP contribution is 2.40. The zero-order valence-corrected chi connectivity index (χ0v) is 22.4. The molecule has 0 radical (unpaired) electrons. The first-order valence-electron chi connectivity index (χ1n) is 10.8. The topological polar surface area (TPSA) is 67.8 Å². The Hall–Kier alpha value is -2.56. The normalized spacial score (nSPS) is 13.8. The van der Waals surface area contributed by atoms with E-state index in [-0.39, 0.29) is 24.0 Å². The minimum Gasteiger partial charge on any atom is -0.497 e. The molecule has 1 saturated heterocycles. The Labute approximate surface area is 213 Å². The van der Waals surface area contributed by atoms with Crippen molar-refractivity contribution >= 4 is 35.6 Å². The second-order valence-corrected chi connectivity index (χ2v) is 7.34. The summed E-state index contributed by atoms with van der Waals surface area (Å²) in [6.45, 7) is 6.95. The van der Waals surface area contributed by atoms with Crippen LogP contribution in [-0.4, -0.2) is 72.0 Å². The lowest BCUT2D eigenvalue weighted by Gasteiger charge is -2.37. The average Bonchev–Trinajstić information content (AvgIpc) is 2.85. The van der Waals surface area contributed by atoms with Crippen LogP contribution in [0.15, 0.2) is 41.4 Å². The van der Waals surface area contributed by atoms with E-state index in [4.69, 9.17) is 23.9 Å². The summed E-state index contributed by atoms with van der Waals surface area (Å²) in [5.74, 6) is 3.64. The second kappa shape index (κ2) is 13.2. The number of hydrogen-bond donors (Lipinski definition) is 1. The summed E-state index contributed by atoms with van der Waals surface area (Å²) < 4.78 is 21.9. The van der Waals surface area contributed by atoms with Gasteiger partial charge in [0.05, 0.1) is 35.0 Å². The van der Waals surface area contributed by atoms with Crippen LogP contribution in [0.25, 0.3) is 0 Å². The lowest BCUT2D eigenvalue weighted by atomic mass is 10.1. The summed E-state index contributed by atoms with van der Waals surface area (Å²) in [4.78, 5) is 9.56. The number of rotatable bonds is 8. The molecule has 1 aliphatic rings. The van der Waals surface area contributed by atoms with Gasteiger partial charge in [-0.25, -0.2) is 4.99 Å². The van der Waals surface area contributed by atoms with E-state index >= 15 is 0 Å². The summed E-state index contributed by atoms with van der Waals surface area (Å²) in [6, 6.07) is 12.1. The van der Waals surface area contributed by atoms with Crippen molar-refractivity contribution in [3.8, 4) is 23.0 Å². The fourth-order valence-corrected chi connectivity index (χ4v) is 3.86. The molecule has 2 aromatic rings. The van der Waals surface area contributed by atoms with E-state index < -0.39 is 0 Å². The summed E-state index contributed by atoms with van der Waals surface area (Å²) >= 11 is 0. The number of piperazine rings is 1. The third kappa shape index (κ3) is 6.49. The van der Waals surface area contributed by atoms with Crippen molar-refractivity contribution in [2.75, 3.05) is 66.1 Å². The fraction of sp³-hybridized carbons (Fsp3) is 0.458. The molecule has 9 heteroatoms. The summed E-state index contributed by atoms with van der Waals surface area (Å²) in [5.41, 5.74) is 2.12. The number of hydrogen-bond acceptors (Lipinski definition) is 6. The summed E-state index contributed by atoms with van der Waals surface area (Å²) in [6.07, 6.45) is 0. The lowest BCUT2D eigenvalue weighted by Crippen LogP contribution is -2.52. The largest absolute Gasteiger partial charge is 0.497 e. The van der Waals surface area contributed by atoms with Crippen molar-refractivity contribution in [2.24, 2.45) is 4.99 Å². The van der Waals surface area contributed by atoms with Gasteiger partial charge in [0.15, 0.2) is 17.5 Å². The number of anilines is 1. The van der Waals surface area contributed by atoms with Crippen molar-refractivity contribution in [3.05, 3.63) is 42.0 Å². The Morgan fingerprint density at radius 3 is 2.24 bits per heavy atom. The number of benzene rings is 2. The van der Waals surface area contributed by atoms with E-state index in [1.807, 2.05) is 24.3 Å². The summed E-state index contributed by atoms with van der Waals surface area (Å²) in [5, 5.41) is 3.42. The van der Waals surface area contributed by atoms with Gasteiger partial charge in [0, 0.05) is 50.0 Å². The number of nitrogens with one attached hydrogen (secondary N) is 1. The van der Waals surface area contributed by atoms with Crippen LogP contribution in [0.5, 0.6) is 23.0 Å². The molecule has 0 aliphatic carbocycles. The van der Waals surface area contributed by atoms with Crippen LogP contribution in [0.1, 0.15) is 12.5 Å². The molecule has 1 N–H and O–H groups in total. The van der Waals surface area contributed by atoms with Crippen LogP contribution in [0.2, 0.25) is 0 Å². The Bertz CT molecular complexity index is 917. The third-order valence-corrected chi connectivity index (χ3v) is 5.52. The average molecular weight is 570 g/mol. The number of halogens is 1. The highest BCUT2D eigenvalue weighted by Gasteiger charge is 2.21. The molecule has 3 rings (SSSR count). The van der Waals surface area contributed by atoms with E-state index in [9.17, 15) is 0 Å². The molecular weight excluding hydrogens is 535 g/mol. The van der Waals surface area contributed by atoms with Gasteiger partial charge in [-0.15, -0.1) is 24.0 Å². The number of nitrogens with zero attached hydrogens (tertiary/aromatic N) is 3. The maximum atomic E-state index is 5.60. The van der Waals surface area contributed by atoms with Gasteiger partial charge in [-0.1, -0.05) is 6.07 Å². The minimum absolute atomic E-state index is 0. The third-order valence-electron chi connectivity index (χ3n) is 5.52. The molecule has 0 spiro atoms. The van der Waals surface area contributed by atoms with Crippen LogP contribution < -0.4 is 29.2 Å². The van der Waals surface area contributed by atoms with Gasteiger partial charge in [-0.2, -0.15) is 0 Å². The molecule has 0 aromatic heterocycles. The van der Waals surface area contributed by atoms with Crippen LogP contribution in [0, 0.1) is 0 Å². The van der Waals surface area contributed by atoms with E-state index in [0.29, 0.717) is 23.8 Å². The molecule has 0 amide bonds. The molecule has 0 atom stereocenters. The smallest absolute Gasteiger partial charge is 0.203 e. The highest BCUT2D eigenvalue weighted by atomic mass is 127. The Balaban J connectivity index is 0.00000385. The Morgan fingerprint density at radius 1 is 0.909 bits per heavy atom. The van der Waals surface area contributed by atoms with E-state index in [1.165, 1.54) is 5.69 Å². The zero-order valence-electron chi connectivity index (χ0n) is 20.1. The van der Waals surface area contributed by atoms with Gasteiger partial charge in [0.25, 0.3) is 0 Å². The van der Waals surface area contributed by atoms with Gasteiger partial charge in [0.2, 0.25) is 5.75 Å². The first-order chi connectivity index (χ1) is 15.6. The number of aliphatic imine (C=N–C) groups is 1. The van der Waals surface area contributed by atoms with Gasteiger partial charge in [-0.3, -0.25) is 0 Å². The van der Waals surface area contributed by atoms with Gasteiger partial charge < -0.3 is 34.1 Å². The first-order valence-corrected chi connectivity index (χ1v) is 10.8. The van der Waals surface area contributed by atoms with Crippen LogP contribution in [0.3, 0.4) is 0 Å². The molecule has 1 fully saturated rings. The van der Waals surface area contributed by atoms with Crippen molar-refractivity contribution in [1.82, 2.24) is 10.2 Å². The standard InChI is InChI=1S/C24H34N4O4.HI/c1-6-25-24(26-17-18-10-11-21(30-3)23(32-5)22(18)31-4)28-14-12-27(13-15-28)19-8-7-9-20(16-19)29-2;/h7-11,16H,6,12-15,17H2,1-5H3,(H,25,26);1H. The number of methoxy groups -OCH3 is 4. The van der Waals surface area contributed by atoms with E-state index in [2.05, 4.69) is 34.2 Å². The van der Waals surface area contributed by atoms with Crippen molar-refractivity contribution < 1.29 is 18.9 Å². The molecule has 1 aliphatic heterocycles. The SMILES string of the molecule is CCNC(=NCc1ccc(OC)c(OC)c1OC)N1CCN(c2cccc(OC)c2)CC1.I. The maximum absolute atomic E-state index is 5.60. The predicted octanol–water partition coefficient (Wildman–Crippen LogP) is 3.63. The molecule has 1 heterocycles. The van der Waals surface area contributed by atoms with Crippen LogP contribution in [-0.2, 0) is 6.54 Å². The minimum atomic E-state index is 0. The molecule has 0 unspecified atom stereocenters. The quantitative estimate of drug-likeness (QED) is 0.296. The van der Waals surface area contributed by atoms with Gasteiger partial charge >= 0.3 is 0 Å². The summed E-state index contributed by atoms with van der Waals surface area (Å²) in [7, 11) is 6.56. The lowest BCUT2D eigenvalue weighted by molar-refractivity contribution is 0.322. The fourth-order valence-electron chi connectivity index (χ4n) is 3.86. The van der Waals surface area contributed by atoms with E-state index in [1.54, 1.807) is 28.4 Å². The van der Waals surface area contributed by atoms with Crippen molar-refractivity contribution in [2.45, 2.75) is 13.5 Å². The predicted molar refractivity (Wildman–Crippen MR) is 143 cm³/mol. The van der Waals surface area contributed by atoms with Crippen LogP contribution in [0.4, 0.5) is 5.69 Å². The molecule has 182 valence electrons. The highest BCUT2D eigenvalue weighted by molar-refractivity contribution is 14.0. The van der Waals surface area contributed by atoms with Crippen molar-refractivity contribution in [3.63, 3.8) is 0 Å². The van der Waals surface area contributed by atoms with Crippen molar-refractivity contribution in [1.29, 1.82) is 0 Å². The number of ether oxygens (including phenoxy) is 4. The van der Waals surface area contributed by atoms with Gasteiger partial charge in [-0.05, 0) is 31.2 Å². The molecule has 33 heavy (non-hydrogen) atoms. The monoisotopic (exact) mass is 570 g/mol. The Morgan fingerprint density at radius 2 is 1.64 bits per heavy atom.